The first kappa shape index (κ1) is 33.6. The number of hydrogen-bond donors (Lipinski definition) is 0. The number of ether oxygens (including phenoxy) is 5. The normalized spacial score (nSPS) is 14.5. The van der Waals surface area contributed by atoms with Gasteiger partial charge in [-0.1, -0.05) is 58.7 Å². The number of methoxy groups -OCH3 is 1. The van der Waals surface area contributed by atoms with Crippen LogP contribution >= 0.6 is 17.2 Å². The summed E-state index contributed by atoms with van der Waals surface area (Å²) < 4.78 is 30.6. The van der Waals surface area contributed by atoms with E-state index in [2.05, 4.69) is 53.4 Å². The average Bonchev–Trinajstić information content (AvgIpc) is 2.85. The molecular weight excluding hydrogens is 456 g/mol. The van der Waals surface area contributed by atoms with Crippen LogP contribution in [0.1, 0.15) is 87.0 Å². The van der Waals surface area contributed by atoms with Crippen LogP contribution in [0.3, 0.4) is 0 Å². The van der Waals surface area contributed by atoms with E-state index in [9.17, 15) is 0 Å². The quantitative estimate of drug-likeness (QED) is 0.109. The molecule has 0 rings (SSSR count). The summed E-state index contributed by atoms with van der Waals surface area (Å²) in [5.74, 6) is 0. The Labute approximate surface area is 209 Å². The SMILES string of the molecule is CCCOC(CC)(OCCC)PCCN(CCPC(CC)(OCCC)OCCC)C(C)OC. The van der Waals surface area contributed by atoms with E-state index in [0.29, 0.717) is 17.2 Å². The van der Waals surface area contributed by atoms with Crippen molar-refractivity contribution in [2.24, 2.45) is 0 Å². The van der Waals surface area contributed by atoms with Crippen molar-refractivity contribution in [3.05, 3.63) is 0 Å². The molecule has 200 valence electrons. The third-order valence-electron chi connectivity index (χ3n) is 5.53. The first-order valence-corrected chi connectivity index (χ1v) is 15.7. The molecule has 3 atom stereocenters. The fourth-order valence-electron chi connectivity index (χ4n) is 3.42. The van der Waals surface area contributed by atoms with Crippen LogP contribution in [-0.4, -0.2) is 81.1 Å². The summed E-state index contributed by atoms with van der Waals surface area (Å²) in [6.07, 6.45) is 7.95. The van der Waals surface area contributed by atoms with E-state index in [4.69, 9.17) is 23.7 Å². The highest BCUT2D eigenvalue weighted by atomic mass is 31.1. The van der Waals surface area contributed by atoms with Crippen molar-refractivity contribution in [1.82, 2.24) is 4.90 Å². The molecule has 33 heavy (non-hydrogen) atoms. The van der Waals surface area contributed by atoms with E-state index >= 15 is 0 Å². The van der Waals surface area contributed by atoms with Gasteiger partial charge in [0.15, 0.2) is 11.1 Å². The van der Waals surface area contributed by atoms with E-state index in [1.807, 2.05) is 0 Å². The van der Waals surface area contributed by atoms with Crippen LogP contribution in [0.4, 0.5) is 0 Å². The topological polar surface area (TPSA) is 49.4 Å². The molecule has 0 heterocycles. The zero-order valence-corrected chi connectivity index (χ0v) is 25.0. The van der Waals surface area contributed by atoms with Gasteiger partial charge in [-0.15, -0.1) is 0 Å². The molecule has 3 unspecified atom stereocenters. The summed E-state index contributed by atoms with van der Waals surface area (Å²) in [6.45, 7) is 20.0. The van der Waals surface area contributed by atoms with Gasteiger partial charge in [0.1, 0.15) is 6.23 Å². The Morgan fingerprint density at radius 2 is 0.970 bits per heavy atom. The summed E-state index contributed by atoms with van der Waals surface area (Å²) >= 11 is 0. The van der Waals surface area contributed by atoms with Gasteiger partial charge in [-0.25, -0.2) is 0 Å². The lowest BCUT2D eigenvalue weighted by molar-refractivity contribution is -0.175. The largest absolute Gasteiger partial charge is 0.367 e. The monoisotopic (exact) mass is 511 g/mol. The van der Waals surface area contributed by atoms with Gasteiger partial charge in [0.05, 0.1) is 26.4 Å². The summed E-state index contributed by atoms with van der Waals surface area (Å²) in [7, 11) is 3.00. The lowest BCUT2D eigenvalue weighted by Gasteiger charge is -2.36. The van der Waals surface area contributed by atoms with E-state index in [-0.39, 0.29) is 6.23 Å². The van der Waals surface area contributed by atoms with Gasteiger partial charge >= 0.3 is 0 Å². The molecular formula is C25H55NO5P2. The van der Waals surface area contributed by atoms with E-state index in [0.717, 1.165) is 90.4 Å². The third-order valence-corrected chi connectivity index (χ3v) is 8.84. The molecule has 0 spiro atoms. The Morgan fingerprint density at radius 1 is 0.636 bits per heavy atom. The first-order chi connectivity index (χ1) is 15.9. The minimum absolute atomic E-state index is 0.0768. The number of rotatable bonds is 24. The Morgan fingerprint density at radius 3 is 1.21 bits per heavy atom. The third kappa shape index (κ3) is 14.1. The minimum atomic E-state index is -0.435. The van der Waals surface area contributed by atoms with Crippen LogP contribution in [0.5, 0.6) is 0 Å². The maximum absolute atomic E-state index is 6.22. The Bertz CT molecular complexity index is 395. The van der Waals surface area contributed by atoms with Gasteiger partial charge in [0, 0.05) is 33.0 Å². The summed E-state index contributed by atoms with van der Waals surface area (Å²) in [5, 5.41) is 0. The fourth-order valence-corrected chi connectivity index (χ4v) is 6.29. The molecule has 0 aliphatic rings. The van der Waals surface area contributed by atoms with Crippen molar-refractivity contribution >= 4 is 17.2 Å². The van der Waals surface area contributed by atoms with E-state index in [1.54, 1.807) is 7.11 Å². The highest BCUT2D eigenvalue weighted by molar-refractivity contribution is 7.39. The molecule has 0 N–H and O–H groups in total. The molecule has 0 aromatic rings. The van der Waals surface area contributed by atoms with Crippen molar-refractivity contribution in [2.75, 3.05) is 59.0 Å². The maximum atomic E-state index is 6.22. The lowest BCUT2D eigenvalue weighted by atomic mass is 10.4. The first-order valence-electron chi connectivity index (χ1n) is 13.2. The minimum Gasteiger partial charge on any atom is -0.367 e. The fraction of sp³-hybridized carbons (Fsp3) is 1.00. The van der Waals surface area contributed by atoms with Crippen molar-refractivity contribution in [1.29, 1.82) is 0 Å². The van der Waals surface area contributed by atoms with Gasteiger partial charge in [0.25, 0.3) is 0 Å². The van der Waals surface area contributed by atoms with Crippen LogP contribution in [0.15, 0.2) is 0 Å². The molecule has 0 saturated carbocycles. The maximum Gasteiger partial charge on any atom is 0.183 e. The lowest BCUT2D eigenvalue weighted by Crippen LogP contribution is -2.40. The highest BCUT2D eigenvalue weighted by Gasteiger charge is 2.31. The smallest absolute Gasteiger partial charge is 0.183 e. The second-order valence-corrected chi connectivity index (χ2v) is 11.6. The van der Waals surface area contributed by atoms with Gasteiger partial charge in [-0.2, -0.15) is 0 Å². The number of nitrogens with zero attached hydrogens (tertiary/aromatic N) is 1. The zero-order chi connectivity index (χ0) is 25.0. The van der Waals surface area contributed by atoms with Crippen LogP contribution in [0.2, 0.25) is 0 Å². The van der Waals surface area contributed by atoms with Gasteiger partial charge in [0.2, 0.25) is 0 Å². The van der Waals surface area contributed by atoms with Gasteiger partial charge in [-0.3, -0.25) is 4.90 Å². The van der Waals surface area contributed by atoms with Crippen LogP contribution in [0, 0.1) is 0 Å². The summed E-state index contributed by atoms with van der Waals surface area (Å²) in [5.41, 5.74) is -0.871. The van der Waals surface area contributed by atoms with Crippen molar-refractivity contribution in [2.45, 2.75) is 104 Å². The Kier molecular flexibility index (Phi) is 21.2. The number of hydrogen-bond acceptors (Lipinski definition) is 6. The van der Waals surface area contributed by atoms with E-state index < -0.39 is 11.1 Å². The van der Waals surface area contributed by atoms with Crippen molar-refractivity contribution in [3.63, 3.8) is 0 Å². The second kappa shape index (κ2) is 20.8. The molecule has 0 aromatic heterocycles. The van der Waals surface area contributed by atoms with Gasteiger partial charge in [-0.05, 0) is 44.9 Å². The Balaban J connectivity index is 4.98. The molecule has 0 bridgehead atoms. The van der Waals surface area contributed by atoms with Gasteiger partial charge < -0.3 is 23.7 Å². The molecule has 0 aromatic carbocycles. The second-order valence-electron chi connectivity index (χ2n) is 8.33. The molecule has 0 fully saturated rings. The molecule has 0 radical (unpaired) electrons. The predicted molar refractivity (Wildman–Crippen MR) is 145 cm³/mol. The molecule has 6 nitrogen and oxygen atoms in total. The summed E-state index contributed by atoms with van der Waals surface area (Å²) in [4.78, 5) is 2.43. The molecule has 8 heteroatoms. The predicted octanol–water partition coefficient (Wildman–Crippen LogP) is 6.47. The summed E-state index contributed by atoms with van der Waals surface area (Å²) in [6, 6.07) is 0. The highest BCUT2D eigenvalue weighted by Crippen LogP contribution is 2.39. The van der Waals surface area contributed by atoms with E-state index in [1.165, 1.54) is 0 Å². The van der Waals surface area contributed by atoms with Crippen LogP contribution in [0.25, 0.3) is 0 Å². The van der Waals surface area contributed by atoms with Crippen molar-refractivity contribution in [3.8, 4) is 0 Å². The van der Waals surface area contributed by atoms with Crippen molar-refractivity contribution < 1.29 is 23.7 Å². The molecule has 0 aliphatic carbocycles. The zero-order valence-electron chi connectivity index (χ0n) is 23.0. The molecule has 0 saturated heterocycles. The average molecular weight is 512 g/mol. The standard InChI is InChI=1S/C25H55NO5P2/c1-9-17-28-24(13-5,29-18-10-2)32-21-15-26(23(7)27-8)16-22-33-25(14-6,30-19-11-3)31-20-12-4/h23,32-33H,9-22H2,1-8H3. The van der Waals surface area contributed by atoms with Crippen LogP contribution in [-0.2, 0) is 23.7 Å². The molecule has 0 amide bonds. The van der Waals surface area contributed by atoms with Crippen LogP contribution < -0.4 is 0 Å². The molecule has 0 aliphatic heterocycles. The Hall–Kier alpha value is 0.620.